The van der Waals surface area contributed by atoms with Gasteiger partial charge in [-0.15, -0.1) is 4.40 Å². The number of aryl methyl sites for hydroxylation is 2. The number of para-hydroxylation sites is 1. The lowest BCUT2D eigenvalue weighted by Gasteiger charge is -2.26. The summed E-state index contributed by atoms with van der Waals surface area (Å²) in [6, 6.07) is 5.90. The van der Waals surface area contributed by atoms with Crippen LogP contribution in [0.3, 0.4) is 0 Å². The number of aromatic hydroxyl groups is 1. The molecule has 0 saturated heterocycles. The normalized spacial score (nSPS) is 17.4. The number of aliphatic imine (C=N–C) groups is 1. The van der Waals surface area contributed by atoms with Crippen molar-refractivity contribution in [3.63, 3.8) is 0 Å². The van der Waals surface area contributed by atoms with Crippen LogP contribution in [0, 0.1) is 19.3 Å². The van der Waals surface area contributed by atoms with Crippen molar-refractivity contribution in [2.75, 3.05) is 19.4 Å². The third-order valence-corrected chi connectivity index (χ3v) is 5.99. The molecular weight excluding hydrogens is 446 g/mol. The minimum Gasteiger partial charge on any atom is -0.505 e. The molecule has 0 aliphatic carbocycles. The number of phenolic OH excluding ortho intramolecular Hbond substituents is 1. The Hall–Kier alpha value is -3.34. The number of nitrogens with one attached hydrogen (secondary N) is 2. The number of rotatable bonds is 4. The van der Waals surface area contributed by atoms with Crippen LogP contribution in [-0.4, -0.2) is 50.1 Å². The number of phenols is 1. The Morgan fingerprint density at radius 3 is 2.48 bits per heavy atom. The van der Waals surface area contributed by atoms with Gasteiger partial charge in [-0.2, -0.15) is 8.42 Å². The maximum Gasteiger partial charge on any atom is 0.345 e. The van der Waals surface area contributed by atoms with Gasteiger partial charge in [0.15, 0.2) is 17.4 Å². The smallest absolute Gasteiger partial charge is 0.345 e. The van der Waals surface area contributed by atoms with Crippen molar-refractivity contribution in [2.24, 2.45) is 14.8 Å². The first kappa shape index (κ1) is 24.3. The van der Waals surface area contributed by atoms with Gasteiger partial charge >= 0.3 is 10.2 Å². The predicted octanol–water partition coefficient (Wildman–Crippen LogP) is 3.15. The standard InChI is InChI=1S/C22H29N5O5S/c1-12-11-16(32-13(12)2)18(22(3,4)5)24-20-19(25-33(30,31)26-20)23-15-10-8-9-14(17(15)28)21(29)27(6)7/h8-11,18,28H,1-7H3,(H,23,25)(H,24,26). The minimum absolute atomic E-state index is 0.0228. The molecule has 0 radical (unpaired) electrons. The molecule has 1 atom stereocenters. The summed E-state index contributed by atoms with van der Waals surface area (Å²) < 4.78 is 36.4. The third-order valence-electron chi connectivity index (χ3n) is 5.12. The summed E-state index contributed by atoms with van der Waals surface area (Å²) in [5, 5.41) is 13.4. The highest BCUT2D eigenvalue weighted by Crippen LogP contribution is 2.38. The molecule has 3 rings (SSSR count). The molecule has 2 aromatic rings. The zero-order chi connectivity index (χ0) is 24.7. The minimum atomic E-state index is -4.04. The Morgan fingerprint density at radius 2 is 1.94 bits per heavy atom. The van der Waals surface area contributed by atoms with E-state index in [0.717, 1.165) is 11.3 Å². The van der Waals surface area contributed by atoms with E-state index in [-0.39, 0.29) is 28.7 Å². The quantitative estimate of drug-likeness (QED) is 0.581. The average molecular weight is 476 g/mol. The zero-order valence-corrected chi connectivity index (χ0v) is 20.5. The highest BCUT2D eigenvalue weighted by Gasteiger charge is 2.34. The molecule has 2 heterocycles. The van der Waals surface area contributed by atoms with Crippen molar-refractivity contribution >= 4 is 33.5 Å². The first-order valence-corrected chi connectivity index (χ1v) is 11.7. The fourth-order valence-corrected chi connectivity index (χ4v) is 4.07. The molecule has 33 heavy (non-hydrogen) atoms. The van der Waals surface area contributed by atoms with E-state index >= 15 is 0 Å². The number of benzene rings is 1. The van der Waals surface area contributed by atoms with Crippen LogP contribution >= 0.6 is 0 Å². The predicted molar refractivity (Wildman–Crippen MR) is 127 cm³/mol. The van der Waals surface area contributed by atoms with Crippen LogP contribution in [0.4, 0.5) is 5.69 Å². The molecular formula is C22H29N5O5S. The van der Waals surface area contributed by atoms with Crippen molar-refractivity contribution in [2.45, 2.75) is 40.7 Å². The number of furan rings is 1. The number of hydrogen-bond acceptors (Lipinski definition) is 7. The monoisotopic (exact) mass is 475 g/mol. The summed E-state index contributed by atoms with van der Waals surface area (Å²) in [5.41, 5.74) is 0.728. The van der Waals surface area contributed by atoms with Gasteiger partial charge < -0.3 is 19.7 Å². The number of anilines is 1. The van der Waals surface area contributed by atoms with Crippen molar-refractivity contribution in [3.05, 3.63) is 46.9 Å². The summed E-state index contributed by atoms with van der Waals surface area (Å²) in [6.45, 7) is 9.66. The molecule has 1 unspecified atom stereocenters. The van der Waals surface area contributed by atoms with E-state index in [4.69, 9.17) is 4.42 Å². The Labute approximate surface area is 193 Å². The second kappa shape index (κ2) is 8.54. The Balaban J connectivity index is 2.04. The number of carbonyl (C=O) groups is 1. The van der Waals surface area contributed by atoms with E-state index in [2.05, 4.69) is 19.4 Å². The first-order valence-electron chi connectivity index (χ1n) is 10.3. The van der Waals surface area contributed by atoms with E-state index in [1.165, 1.54) is 17.0 Å². The Morgan fingerprint density at radius 1 is 1.27 bits per heavy atom. The van der Waals surface area contributed by atoms with Crippen molar-refractivity contribution < 1.29 is 22.7 Å². The Bertz CT molecular complexity index is 1230. The van der Waals surface area contributed by atoms with Gasteiger partial charge in [-0.3, -0.25) is 9.79 Å². The van der Waals surface area contributed by atoms with Gasteiger partial charge in [-0.05, 0) is 43.0 Å². The molecule has 0 fully saturated rings. The van der Waals surface area contributed by atoms with Crippen LogP contribution in [0.15, 0.2) is 38.1 Å². The SMILES string of the molecule is Cc1cc(C(N=C2NS(=O)(=O)N=C2Nc2cccc(C(=O)N(C)C)c2O)C(C)(C)C)oc1C. The van der Waals surface area contributed by atoms with E-state index in [9.17, 15) is 18.3 Å². The summed E-state index contributed by atoms with van der Waals surface area (Å²) in [7, 11) is -0.908. The molecule has 1 aromatic heterocycles. The molecule has 1 aliphatic rings. The molecule has 0 saturated carbocycles. The molecule has 11 heteroatoms. The number of hydrogen-bond donors (Lipinski definition) is 3. The number of nitrogens with zero attached hydrogens (tertiary/aromatic N) is 3. The summed E-state index contributed by atoms with van der Waals surface area (Å²) in [6.07, 6.45) is 0. The van der Waals surface area contributed by atoms with Crippen molar-refractivity contribution in [3.8, 4) is 5.75 Å². The van der Waals surface area contributed by atoms with Crippen LogP contribution < -0.4 is 10.0 Å². The molecule has 178 valence electrons. The van der Waals surface area contributed by atoms with Gasteiger partial charge in [0, 0.05) is 14.1 Å². The van der Waals surface area contributed by atoms with E-state index < -0.39 is 27.6 Å². The lowest BCUT2D eigenvalue weighted by molar-refractivity contribution is 0.0824. The van der Waals surface area contributed by atoms with E-state index in [0.29, 0.717) is 5.76 Å². The van der Waals surface area contributed by atoms with Crippen LogP contribution in [0.1, 0.15) is 54.3 Å². The second-order valence-electron chi connectivity index (χ2n) is 9.18. The fraction of sp³-hybridized carbons (Fsp3) is 0.409. The second-order valence-corrected chi connectivity index (χ2v) is 10.5. The first-order chi connectivity index (χ1) is 15.2. The lowest BCUT2D eigenvalue weighted by atomic mass is 9.85. The highest BCUT2D eigenvalue weighted by atomic mass is 32.2. The fourth-order valence-electron chi connectivity index (χ4n) is 3.26. The summed E-state index contributed by atoms with van der Waals surface area (Å²) >= 11 is 0. The molecule has 0 spiro atoms. The molecule has 3 N–H and O–H groups in total. The van der Waals surface area contributed by atoms with Gasteiger partial charge in [0.1, 0.15) is 17.6 Å². The molecule has 10 nitrogen and oxygen atoms in total. The summed E-state index contributed by atoms with van der Waals surface area (Å²) in [5.74, 6) is 0.495. The van der Waals surface area contributed by atoms with Crippen LogP contribution in [0.5, 0.6) is 5.75 Å². The van der Waals surface area contributed by atoms with E-state index in [1.807, 2.05) is 40.7 Å². The van der Waals surface area contributed by atoms with Crippen LogP contribution in [0.2, 0.25) is 0 Å². The van der Waals surface area contributed by atoms with Crippen LogP contribution in [0.25, 0.3) is 0 Å². The number of carbonyl (C=O) groups excluding carboxylic acids is 1. The maximum atomic E-state index is 12.3. The van der Waals surface area contributed by atoms with Gasteiger partial charge in [-0.1, -0.05) is 26.8 Å². The van der Waals surface area contributed by atoms with Crippen molar-refractivity contribution in [1.29, 1.82) is 0 Å². The third kappa shape index (κ3) is 5.19. The van der Waals surface area contributed by atoms with E-state index in [1.54, 1.807) is 20.2 Å². The maximum absolute atomic E-state index is 12.3. The highest BCUT2D eigenvalue weighted by molar-refractivity contribution is 7.89. The summed E-state index contributed by atoms with van der Waals surface area (Å²) in [4.78, 5) is 18.3. The topological polar surface area (TPSA) is 137 Å². The van der Waals surface area contributed by atoms with Gasteiger partial charge in [-0.25, -0.2) is 4.72 Å². The average Bonchev–Trinajstić information content (AvgIpc) is 3.17. The largest absolute Gasteiger partial charge is 0.505 e. The van der Waals surface area contributed by atoms with Crippen molar-refractivity contribution in [1.82, 2.24) is 9.62 Å². The lowest BCUT2D eigenvalue weighted by Crippen LogP contribution is -2.32. The number of amides is 1. The Kier molecular flexibility index (Phi) is 6.29. The molecule has 1 amide bonds. The molecule has 1 aliphatic heterocycles. The zero-order valence-electron chi connectivity index (χ0n) is 19.7. The van der Waals surface area contributed by atoms with Gasteiger partial charge in [0.2, 0.25) is 0 Å². The molecule has 0 bridgehead atoms. The molecule has 1 aromatic carbocycles. The van der Waals surface area contributed by atoms with Gasteiger partial charge in [0.05, 0.1) is 11.3 Å². The van der Waals surface area contributed by atoms with Gasteiger partial charge in [0.25, 0.3) is 5.91 Å². The number of amidine groups is 2. The van der Waals surface area contributed by atoms with Crippen LogP contribution in [-0.2, 0) is 10.2 Å².